The van der Waals surface area contributed by atoms with Crippen LogP contribution in [0.4, 0.5) is 0 Å². The van der Waals surface area contributed by atoms with Gasteiger partial charge in [0.2, 0.25) is 0 Å². The molecule has 0 amide bonds. The molecule has 11 nitrogen and oxygen atoms in total. The van der Waals surface area contributed by atoms with Crippen molar-refractivity contribution in [3.63, 3.8) is 0 Å². The van der Waals surface area contributed by atoms with E-state index in [1.54, 1.807) is 0 Å². The van der Waals surface area contributed by atoms with Crippen LogP contribution in [0.5, 0.6) is 5.75 Å². The molecule has 2 aromatic rings. The predicted molar refractivity (Wildman–Crippen MR) is 106 cm³/mol. The molecule has 12 heteroatoms. The monoisotopic (exact) mass is 452 g/mol. The molecule has 1 aliphatic heterocycles. The maximum absolute atomic E-state index is 12.8. The fourth-order valence-corrected chi connectivity index (χ4v) is 4.39. The number of esters is 2. The summed E-state index contributed by atoms with van der Waals surface area (Å²) in [6, 6.07) is 6.76. The summed E-state index contributed by atoms with van der Waals surface area (Å²) in [7, 11) is -1.64. The van der Waals surface area contributed by atoms with Gasteiger partial charge in [-0.05, 0) is 24.3 Å². The summed E-state index contributed by atoms with van der Waals surface area (Å²) >= 11 is 0. The number of hydrogen-bond acceptors (Lipinski definition) is 9. The minimum Gasteiger partial charge on any atom is -0.508 e. The number of carbonyl (C=O) groups is 2. The lowest BCUT2D eigenvalue weighted by Crippen LogP contribution is -2.42. The molecule has 0 bridgehead atoms. The second-order valence-electron chi connectivity index (χ2n) is 6.74. The van der Waals surface area contributed by atoms with Crippen LogP contribution in [0, 0.1) is 0 Å². The van der Waals surface area contributed by atoms with Crippen molar-refractivity contribution >= 4 is 22.7 Å². The lowest BCUT2D eigenvalue weighted by molar-refractivity contribution is -0.165. The van der Waals surface area contributed by atoms with E-state index in [-0.39, 0.29) is 11.5 Å². The Morgan fingerprint density at radius 2 is 1.71 bits per heavy atom. The number of H-pyrrole nitrogens is 1. The van der Waals surface area contributed by atoms with Crippen LogP contribution in [0.3, 0.4) is 0 Å². The van der Waals surface area contributed by atoms with E-state index in [2.05, 4.69) is 4.98 Å². The average molecular weight is 452 g/mol. The normalized spacial score (nSPS) is 23.8. The number of nitrogens with zero attached hydrogens (tertiary/aromatic N) is 1. The van der Waals surface area contributed by atoms with E-state index in [0.717, 1.165) is 30.7 Å². The number of aromatic hydroxyl groups is 1. The van der Waals surface area contributed by atoms with Crippen molar-refractivity contribution in [1.29, 1.82) is 0 Å². The van der Waals surface area contributed by atoms with Crippen LogP contribution in [-0.2, 0) is 34.6 Å². The third-order valence-corrected chi connectivity index (χ3v) is 5.86. The fraction of sp³-hybridized carbons (Fsp3) is 0.368. The maximum Gasteiger partial charge on any atom is 0.330 e. The summed E-state index contributed by atoms with van der Waals surface area (Å²) in [6.07, 6.45) is -3.48. The Kier molecular flexibility index (Phi) is 6.71. The van der Waals surface area contributed by atoms with Crippen LogP contribution in [0.2, 0.25) is 0 Å². The third kappa shape index (κ3) is 5.27. The van der Waals surface area contributed by atoms with Gasteiger partial charge in [0.05, 0.1) is 16.6 Å². The highest BCUT2D eigenvalue weighted by Crippen LogP contribution is 2.34. The van der Waals surface area contributed by atoms with Gasteiger partial charge in [-0.1, -0.05) is 0 Å². The van der Waals surface area contributed by atoms with Crippen LogP contribution >= 0.6 is 0 Å². The number of aromatic nitrogens is 2. The zero-order chi connectivity index (χ0) is 22.7. The Hall–Kier alpha value is -3.25. The minimum atomic E-state index is -1.64. The van der Waals surface area contributed by atoms with Crippen molar-refractivity contribution in [2.24, 2.45) is 0 Å². The predicted octanol–water partition coefficient (Wildman–Crippen LogP) is -0.189. The van der Waals surface area contributed by atoms with Gasteiger partial charge in [-0.25, -0.2) is 4.79 Å². The van der Waals surface area contributed by atoms with Gasteiger partial charge in [-0.2, -0.15) is 0 Å². The molecule has 0 radical (unpaired) electrons. The smallest absolute Gasteiger partial charge is 0.330 e. The van der Waals surface area contributed by atoms with Crippen LogP contribution in [0.25, 0.3) is 0 Å². The van der Waals surface area contributed by atoms with E-state index < -0.39 is 58.5 Å². The molecule has 2 heterocycles. The lowest BCUT2D eigenvalue weighted by Gasteiger charge is -2.23. The number of ether oxygens (including phenoxy) is 3. The Balaban J connectivity index is 1.96. The molecule has 1 aromatic carbocycles. The van der Waals surface area contributed by atoms with Gasteiger partial charge in [0.15, 0.2) is 18.4 Å². The lowest BCUT2D eigenvalue weighted by atomic mass is 10.1. The highest BCUT2D eigenvalue weighted by molar-refractivity contribution is 7.85. The molecule has 0 spiro atoms. The first-order chi connectivity index (χ1) is 14.7. The first kappa shape index (κ1) is 22.4. The Morgan fingerprint density at radius 1 is 1.10 bits per heavy atom. The Bertz CT molecular complexity index is 1110. The molecule has 166 valence electrons. The number of phenols is 1. The third-order valence-electron chi connectivity index (χ3n) is 4.43. The first-order valence-corrected chi connectivity index (χ1v) is 10.5. The highest BCUT2D eigenvalue weighted by atomic mass is 32.2. The number of benzene rings is 1. The Labute approximate surface area is 178 Å². The van der Waals surface area contributed by atoms with Crippen molar-refractivity contribution < 1.29 is 33.1 Å². The van der Waals surface area contributed by atoms with E-state index >= 15 is 0 Å². The van der Waals surface area contributed by atoms with Gasteiger partial charge < -0.3 is 19.3 Å². The maximum atomic E-state index is 12.8. The van der Waals surface area contributed by atoms with Crippen molar-refractivity contribution in [3.8, 4) is 5.75 Å². The summed E-state index contributed by atoms with van der Waals surface area (Å²) < 4.78 is 30.3. The molecule has 3 rings (SSSR count). The van der Waals surface area contributed by atoms with Gasteiger partial charge in [0.1, 0.15) is 11.9 Å². The molecule has 0 aliphatic carbocycles. The average Bonchev–Trinajstić information content (AvgIpc) is 2.98. The molecule has 2 N–H and O–H groups in total. The zero-order valence-electron chi connectivity index (χ0n) is 16.5. The van der Waals surface area contributed by atoms with Crippen molar-refractivity contribution in [3.05, 3.63) is 57.4 Å². The van der Waals surface area contributed by atoms with E-state index in [0.29, 0.717) is 4.90 Å². The molecule has 1 saturated heterocycles. The van der Waals surface area contributed by atoms with Gasteiger partial charge in [-0.3, -0.25) is 28.1 Å². The van der Waals surface area contributed by atoms with E-state index in [9.17, 15) is 28.5 Å². The number of rotatable bonds is 6. The summed E-state index contributed by atoms with van der Waals surface area (Å²) in [5.41, 5.74) is -1.46. The van der Waals surface area contributed by atoms with Gasteiger partial charge in [0.25, 0.3) is 5.56 Å². The molecule has 0 saturated carbocycles. The van der Waals surface area contributed by atoms with Crippen LogP contribution in [-0.4, -0.2) is 54.9 Å². The van der Waals surface area contributed by atoms with Crippen LogP contribution in [0.1, 0.15) is 20.1 Å². The van der Waals surface area contributed by atoms with Gasteiger partial charge >= 0.3 is 17.6 Å². The number of nitrogens with one attached hydrogen (secondary N) is 1. The molecule has 1 aliphatic rings. The van der Waals surface area contributed by atoms with E-state index in [1.165, 1.54) is 24.3 Å². The minimum absolute atomic E-state index is 0.00286. The number of hydrogen-bond donors (Lipinski definition) is 2. The van der Waals surface area contributed by atoms with Crippen LogP contribution in [0.15, 0.2) is 51.0 Å². The molecule has 1 unspecified atom stereocenters. The van der Waals surface area contributed by atoms with Crippen molar-refractivity contribution in [2.45, 2.75) is 43.3 Å². The topological polar surface area (TPSA) is 154 Å². The second-order valence-corrected chi connectivity index (χ2v) is 8.23. The standard InChI is InChI=1S/C19H20N2O9S/c1-10(22)28-16-14(9-31(27)13-5-3-12(24)4-6-13)30-18(17(16)29-11(2)23)21-8-7-15(25)20-19(21)26/h3-8,14,16-18,24H,9H2,1-2H3,(H,20,25,26)/t14-,16-,17-,18-,31?/m1/s1. The van der Waals surface area contributed by atoms with Gasteiger partial charge in [-0.15, -0.1) is 0 Å². The van der Waals surface area contributed by atoms with Crippen molar-refractivity contribution in [1.82, 2.24) is 9.55 Å². The second kappa shape index (κ2) is 9.27. The molecular formula is C19H20N2O9S. The first-order valence-electron chi connectivity index (χ1n) is 9.14. The number of carbonyl (C=O) groups excluding carboxylic acids is 2. The fourth-order valence-electron chi connectivity index (χ4n) is 3.19. The molecule has 31 heavy (non-hydrogen) atoms. The molecule has 1 fully saturated rings. The molecule has 1 aromatic heterocycles. The van der Waals surface area contributed by atoms with Crippen LogP contribution < -0.4 is 11.2 Å². The van der Waals surface area contributed by atoms with Crippen molar-refractivity contribution in [2.75, 3.05) is 5.75 Å². The molecular weight excluding hydrogens is 432 g/mol. The summed E-state index contributed by atoms with van der Waals surface area (Å²) in [4.78, 5) is 49.5. The number of phenolic OH excluding ortho intramolecular Hbond substituents is 1. The Morgan fingerprint density at radius 3 is 2.29 bits per heavy atom. The highest BCUT2D eigenvalue weighted by Gasteiger charge is 2.50. The van der Waals surface area contributed by atoms with E-state index in [4.69, 9.17) is 14.2 Å². The SMILES string of the molecule is CC(=O)O[C@@H]1[C@H](OC(C)=O)[C@@H](CS(=O)c2ccc(O)cc2)O[C@H]1n1ccc(=O)[nH]c1=O. The zero-order valence-corrected chi connectivity index (χ0v) is 17.4. The number of aromatic amines is 1. The quantitative estimate of drug-likeness (QED) is 0.568. The van der Waals surface area contributed by atoms with Gasteiger partial charge in [0, 0.05) is 31.0 Å². The summed E-state index contributed by atoms with van der Waals surface area (Å²) in [5, 5.41) is 9.40. The summed E-state index contributed by atoms with van der Waals surface area (Å²) in [6.45, 7) is 2.29. The molecule has 5 atom stereocenters. The summed E-state index contributed by atoms with van der Waals surface area (Å²) in [5.74, 6) is -1.56. The largest absolute Gasteiger partial charge is 0.508 e. The van der Waals surface area contributed by atoms with E-state index in [1.807, 2.05) is 0 Å².